The van der Waals surface area contributed by atoms with Gasteiger partial charge in [0.05, 0.1) is 4.92 Å². The lowest BCUT2D eigenvalue weighted by molar-refractivity contribution is -0.384. The molecular formula is C11H16N4O2. The highest BCUT2D eigenvalue weighted by atomic mass is 16.6. The van der Waals surface area contributed by atoms with E-state index in [2.05, 4.69) is 4.98 Å². The van der Waals surface area contributed by atoms with Crippen LogP contribution in [0.25, 0.3) is 0 Å². The number of pyridine rings is 1. The molecule has 0 spiro atoms. The molecule has 0 saturated carbocycles. The molecule has 2 N–H and O–H groups in total. The van der Waals surface area contributed by atoms with E-state index in [1.54, 1.807) is 19.2 Å². The number of nitro groups is 1. The molecule has 1 unspecified atom stereocenters. The summed E-state index contributed by atoms with van der Waals surface area (Å²) in [6, 6.07) is 1.57. The zero-order chi connectivity index (χ0) is 12.4. The molecule has 0 aliphatic carbocycles. The number of anilines is 1. The van der Waals surface area contributed by atoms with Gasteiger partial charge < -0.3 is 10.6 Å². The first-order valence-corrected chi connectivity index (χ1v) is 5.68. The average molecular weight is 236 g/mol. The maximum absolute atomic E-state index is 11.0. The highest BCUT2D eigenvalue weighted by Gasteiger charge is 2.28. The van der Waals surface area contributed by atoms with Gasteiger partial charge in [-0.3, -0.25) is 10.1 Å². The second-order valence-electron chi connectivity index (χ2n) is 4.45. The molecule has 0 radical (unpaired) electrons. The van der Waals surface area contributed by atoms with Crippen LogP contribution in [0.15, 0.2) is 12.3 Å². The summed E-state index contributed by atoms with van der Waals surface area (Å²) in [6.07, 6.45) is 2.64. The molecule has 6 nitrogen and oxygen atoms in total. The van der Waals surface area contributed by atoms with Crippen molar-refractivity contribution in [2.45, 2.75) is 13.3 Å². The lowest BCUT2D eigenvalue weighted by atomic mass is 10.1. The fourth-order valence-corrected chi connectivity index (χ4v) is 2.14. The molecule has 6 heteroatoms. The van der Waals surface area contributed by atoms with Gasteiger partial charge in [0.25, 0.3) is 0 Å². The van der Waals surface area contributed by atoms with Crippen molar-refractivity contribution >= 4 is 11.5 Å². The molecule has 17 heavy (non-hydrogen) atoms. The van der Waals surface area contributed by atoms with E-state index in [1.807, 2.05) is 4.90 Å². The standard InChI is InChI=1S/C11H16N4O2/c1-8-4-10(15(16)17)11(13-6-8)14-3-2-9(5-12)7-14/h4,6,9H,2-3,5,7,12H2,1H3. The van der Waals surface area contributed by atoms with Crippen molar-refractivity contribution in [1.82, 2.24) is 4.98 Å². The maximum Gasteiger partial charge on any atom is 0.311 e. The van der Waals surface area contributed by atoms with Gasteiger partial charge in [0, 0.05) is 25.4 Å². The third-order valence-electron chi connectivity index (χ3n) is 3.10. The van der Waals surface area contributed by atoms with Crippen LogP contribution in [0.2, 0.25) is 0 Å². The summed E-state index contributed by atoms with van der Waals surface area (Å²) in [7, 11) is 0. The predicted molar refractivity (Wildman–Crippen MR) is 65.0 cm³/mol. The number of rotatable bonds is 3. The Morgan fingerprint density at radius 2 is 2.47 bits per heavy atom. The fourth-order valence-electron chi connectivity index (χ4n) is 2.14. The van der Waals surface area contributed by atoms with Gasteiger partial charge in [-0.15, -0.1) is 0 Å². The molecule has 1 aliphatic heterocycles. The Morgan fingerprint density at radius 3 is 3.06 bits per heavy atom. The fraction of sp³-hybridized carbons (Fsp3) is 0.545. The number of nitrogens with zero attached hydrogens (tertiary/aromatic N) is 3. The number of hydrogen-bond donors (Lipinski definition) is 1. The second-order valence-corrected chi connectivity index (χ2v) is 4.45. The average Bonchev–Trinajstić information content (AvgIpc) is 2.77. The van der Waals surface area contributed by atoms with E-state index >= 15 is 0 Å². The van der Waals surface area contributed by atoms with E-state index in [9.17, 15) is 10.1 Å². The molecule has 1 fully saturated rings. The zero-order valence-corrected chi connectivity index (χ0v) is 9.80. The van der Waals surface area contributed by atoms with Crippen molar-refractivity contribution < 1.29 is 4.92 Å². The van der Waals surface area contributed by atoms with Crippen LogP contribution in [0.3, 0.4) is 0 Å². The van der Waals surface area contributed by atoms with Gasteiger partial charge in [0.1, 0.15) is 0 Å². The molecular weight excluding hydrogens is 220 g/mol. The topological polar surface area (TPSA) is 85.3 Å². The summed E-state index contributed by atoms with van der Waals surface area (Å²) in [5.41, 5.74) is 6.50. The molecule has 0 amide bonds. The number of aryl methyl sites for hydroxylation is 1. The van der Waals surface area contributed by atoms with Crippen LogP contribution >= 0.6 is 0 Å². The first-order chi connectivity index (χ1) is 8.11. The molecule has 2 heterocycles. The Morgan fingerprint density at radius 1 is 1.71 bits per heavy atom. The summed E-state index contributed by atoms with van der Waals surface area (Å²) in [4.78, 5) is 16.8. The number of aromatic nitrogens is 1. The lowest BCUT2D eigenvalue weighted by Crippen LogP contribution is -2.24. The van der Waals surface area contributed by atoms with Gasteiger partial charge in [0.2, 0.25) is 5.82 Å². The van der Waals surface area contributed by atoms with Crippen LogP contribution in [0.5, 0.6) is 0 Å². The molecule has 92 valence electrons. The quantitative estimate of drug-likeness (QED) is 0.627. The van der Waals surface area contributed by atoms with E-state index in [1.165, 1.54) is 0 Å². The van der Waals surface area contributed by atoms with Gasteiger partial charge in [-0.1, -0.05) is 0 Å². The van der Waals surface area contributed by atoms with Crippen molar-refractivity contribution in [3.8, 4) is 0 Å². The van der Waals surface area contributed by atoms with Crippen LogP contribution < -0.4 is 10.6 Å². The predicted octanol–water partition coefficient (Wildman–Crippen LogP) is 1.08. The summed E-state index contributed by atoms with van der Waals surface area (Å²) in [5.74, 6) is 0.884. The number of hydrogen-bond acceptors (Lipinski definition) is 5. The smallest absolute Gasteiger partial charge is 0.311 e. The van der Waals surface area contributed by atoms with Gasteiger partial charge in [-0.05, 0) is 31.4 Å². The lowest BCUT2D eigenvalue weighted by Gasteiger charge is -2.17. The molecule has 1 aromatic rings. The monoisotopic (exact) mass is 236 g/mol. The van der Waals surface area contributed by atoms with Crippen LogP contribution in [-0.2, 0) is 0 Å². The van der Waals surface area contributed by atoms with Crippen LogP contribution in [0, 0.1) is 23.0 Å². The van der Waals surface area contributed by atoms with Crippen LogP contribution in [0.4, 0.5) is 11.5 Å². The minimum atomic E-state index is -0.370. The Bertz CT molecular complexity index is 435. The summed E-state index contributed by atoms with van der Waals surface area (Å²) in [5, 5.41) is 11.0. The molecule has 1 saturated heterocycles. The van der Waals surface area contributed by atoms with Gasteiger partial charge in [-0.25, -0.2) is 4.98 Å². The highest BCUT2D eigenvalue weighted by molar-refractivity contribution is 5.59. The third-order valence-corrected chi connectivity index (χ3v) is 3.10. The van der Waals surface area contributed by atoms with Crippen molar-refractivity contribution in [1.29, 1.82) is 0 Å². The minimum Gasteiger partial charge on any atom is -0.351 e. The second kappa shape index (κ2) is 4.67. The molecule has 1 aliphatic rings. The van der Waals surface area contributed by atoms with Crippen LogP contribution in [0.1, 0.15) is 12.0 Å². The third kappa shape index (κ3) is 2.36. The Hall–Kier alpha value is -1.69. The maximum atomic E-state index is 11.0. The van der Waals surface area contributed by atoms with E-state index in [4.69, 9.17) is 5.73 Å². The Kier molecular flexibility index (Phi) is 3.23. The SMILES string of the molecule is Cc1cnc(N2CCC(CN)C2)c([N+](=O)[O-])c1. The Labute approximate surface area is 99.6 Å². The normalized spacial score (nSPS) is 19.6. The van der Waals surface area contributed by atoms with Gasteiger partial charge >= 0.3 is 5.69 Å². The Balaban J connectivity index is 2.29. The van der Waals surface area contributed by atoms with E-state index in [0.29, 0.717) is 18.3 Å². The zero-order valence-electron chi connectivity index (χ0n) is 9.80. The first kappa shape index (κ1) is 11.8. The van der Waals surface area contributed by atoms with Crippen molar-refractivity contribution in [3.05, 3.63) is 27.9 Å². The van der Waals surface area contributed by atoms with Crippen molar-refractivity contribution in [2.75, 3.05) is 24.5 Å². The molecule has 0 aromatic carbocycles. The van der Waals surface area contributed by atoms with Gasteiger partial charge in [0.15, 0.2) is 0 Å². The first-order valence-electron chi connectivity index (χ1n) is 5.68. The van der Waals surface area contributed by atoms with E-state index in [0.717, 1.165) is 25.1 Å². The summed E-state index contributed by atoms with van der Waals surface area (Å²) < 4.78 is 0. The molecule has 2 rings (SSSR count). The summed E-state index contributed by atoms with van der Waals surface area (Å²) >= 11 is 0. The van der Waals surface area contributed by atoms with Crippen molar-refractivity contribution in [3.63, 3.8) is 0 Å². The van der Waals surface area contributed by atoms with E-state index < -0.39 is 0 Å². The van der Waals surface area contributed by atoms with E-state index in [-0.39, 0.29) is 10.6 Å². The van der Waals surface area contributed by atoms with Crippen LogP contribution in [-0.4, -0.2) is 29.5 Å². The van der Waals surface area contributed by atoms with Gasteiger partial charge in [-0.2, -0.15) is 0 Å². The summed E-state index contributed by atoms with van der Waals surface area (Å²) in [6.45, 7) is 3.97. The van der Waals surface area contributed by atoms with Crippen molar-refractivity contribution in [2.24, 2.45) is 11.7 Å². The molecule has 1 aromatic heterocycles. The largest absolute Gasteiger partial charge is 0.351 e. The number of nitrogens with two attached hydrogens (primary N) is 1. The molecule has 0 bridgehead atoms. The minimum absolute atomic E-state index is 0.0858. The highest BCUT2D eigenvalue weighted by Crippen LogP contribution is 2.30. The molecule has 1 atom stereocenters.